The van der Waals surface area contributed by atoms with E-state index < -0.39 is 10.0 Å². The molecule has 4 rings (SSSR count). The Kier molecular flexibility index (Phi) is 6.64. The molecule has 2 aliphatic rings. The van der Waals surface area contributed by atoms with Crippen LogP contribution in [0.5, 0.6) is 0 Å². The van der Waals surface area contributed by atoms with E-state index in [1.54, 1.807) is 11.8 Å². The summed E-state index contributed by atoms with van der Waals surface area (Å²) in [6.07, 6.45) is 4.90. The molecule has 0 atom stereocenters. The number of anilines is 1. The lowest BCUT2D eigenvalue weighted by molar-refractivity contribution is -0.122. The lowest BCUT2D eigenvalue weighted by Gasteiger charge is -2.25. The number of carbonyl (C=O) groups is 2. The Labute approximate surface area is 186 Å². The average Bonchev–Trinajstić information content (AvgIpc) is 3.28. The first-order valence-electron chi connectivity index (χ1n) is 10.4. The molecule has 1 saturated carbocycles. The second-order valence-electron chi connectivity index (χ2n) is 7.69. The van der Waals surface area contributed by atoms with Crippen molar-refractivity contribution in [3.8, 4) is 0 Å². The first-order chi connectivity index (χ1) is 14.9. The summed E-state index contributed by atoms with van der Waals surface area (Å²) in [7, 11) is -3.78. The van der Waals surface area contributed by atoms with E-state index in [1.807, 2.05) is 24.3 Å². The molecule has 2 fully saturated rings. The number of thioether (sulfide) groups is 1. The molecule has 2 aromatic carbocycles. The fourth-order valence-corrected chi connectivity index (χ4v) is 6.53. The minimum atomic E-state index is -3.78. The van der Waals surface area contributed by atoms with Crippen molar-refractivity contribution in [1.29, 1.82) is 0 Å². The summed E-state index contributed by atoms with van der Waals surface area (Å²) in [5.41, 5.74) is 1.14. The van der Waals surface area contributed by atoms with E-state index in [2.05, 4.69) is 10.6 Å². The fourth-order valence-electron chi connectivity index (χ4n) is 3.80. The highest BCUT2D eigenvalue weighted by Gasteiger charge is 2.29. The number of rotatable bonds is 6. The van der Waals surface area contributed by atoms with Crippen LogP contribution in [-0.2, 0) is 14.8 Å². The Morgan fingerprint density at radius 3 is 2.48 bits per heavy atom. The van der Waals surface area contributed by atoms with Gasteiger partial charge < -0.3 is 10.6 Å². The predicted octanol–water partition coefficient (Wildman–Crippen LogP) is 3.09. The monoisotopic (exact) mass is 459 g/mol. The van der Waals surface area contributed by atoms with Gasteiger partial charge in [-0.15, -0.1) is 11.8 Å². The summed E-state index contributed by atoms with van der Waals surface area (Å²) in [6, 6.07) is 13.6. The summed E-state index contributed by atoms with van der Waals surface area (Å²) in [6.45, 7) is 0.322. The first kappa shape index (κ1) is 21.9. The van der Waals surface area contributed by atoms with Gasteiger partial charge in [0, 0.05) is 28.8 Å². The number of benzene rings is 2. The van der Waals surface area contributed by atoms with Crippen molar-refractivity contribution in [2.45, 2.75) is 40.7 Å². The zero-order chi connectivity index (χ0) is 21.8. The van der Waals surface area contributed by atoms with Crippen LogP contribution in [0.4, 0.5) is 5.69 Å². The average molecular weight is 460 g/mol. The summed E-state index contributed by atoms with van der Waals surface area (Å²) in [5, 5.41) is 6.15. The molecule has 1 saturated heterocycles. The van der Waals surface area contributed by atoms with Crippen LogP contribution < -0.4 is 10.6 Å². The molecule has 164 valence electrons. The van der Waals surface area contributed by atoms with Crippen LogP contribution in [-0.4, -0.2) is 49.4 Å². The molecule has 2 N–H and O–H groups in total. The van der Waals surface area contributed by atoms with Crippen LogP contribution in [0, 0.1) is 0 Å². The maximum absolute atomic E-state index is 12.8. The van der Waals surface area contributed by atoms with E-state index in [4.69, 9.17) is 0 Å². The number of hydrogen-bond acceptors (Lipinski definition) is 5. The molecule has 1 aliphatic heterocycles. The summed E-state index contributed by atoms with van der Waals surface area (Å²) in [5.74, 6) is -0.610. The van der Waals surface area contributed by atoms with Crippen molar-refractivity contribution in [3.05, 3.63) is 54.1 Å². The van der Waals surface area contributed by atoms with Crippen LogP contribution in [0.25, 0.3) is 0 Å². The van der Waals surface area contributed by atoms with Crippen LogP contribution in [0.2, 0.25) is 0 Å². The summed E-state index contributed by atoms with van der Waals surface area (Å²) in [4.78, 5) is 25.4. The molecular formula is C22H25N3O4S2. The highest BCUT2D eigenvalue weighted by atomic mass is 32.2. The molecule has 2 aromatic rings. The van der Waals surface area contributed by atoms with Gasteiger partial charge in [-0.2, -0.15) is 4.31 Å². The fraction of sp³-hybridized carbons (Fsp3) is 0.364. The summed E-state index contributed by atoms with van der Waals surface area (Å²) >= 11 is 1.80. The Hall–Kier alpha value is -2.36. The normalized spacial score (nSPS) is 18.0. The Morgan fingerprint density at radius 1 is 1.06 bits per heavy atom. The van der Waals surface area contributed by atoms with E-state index in [9.17, 15) is 18.0 Å². The number of carbonyl (C=O) groups excluding carboxylic acids is 2. The van der Waals surface area contributed by atoms with Crippen molar-refractivity contribution in [3.63, 3.8) is 0 Å². The van der Waals surface area contributed by atoms with Gasteiger partial charge in [-0.05, 0) is 49.2 Å². The highest BCUT2D eigenvalue weighted by molar-refractivity contribution is 8.00. The van der Waals surface area contributed by atoms with Crippen molar-refractivity contribution >= 4 is 39.3 Å². The Morgan fingerprint density at radius 2 is 1.77 bits per heavy atom. The lowest BCUT2D eigenvalue weighted by Crippen LogP contribution is -2.49. The summed E-state index contributed by atoms with van der Waals surface area (Å²) < 4.78 is 26.7. The molecule has 2 amide bonds. The third kappa shape index (κ3) is 5.11. The largest absolute Gasteiger partial charge is 0.354 e. The van der Waals surface area contributed by atoms with Gasteiger partial charge in [-0.3, -0.25) is 9.59 Å². The molecule has 0 aromatic heterocycles. The van der Waals surface area contributed by atoms with Gasteiger partial charge in [0.1, 0.15) is 0 Å². The molecule has 0 radical (unpaired) electrons. The van der Waals surface area contributed by atoms with Gasteiger partial charge in [-0.25, -0.2) is 8.42 Å². The Bertz CT molecular complexity index is 1060. The van der Waals surface area contributed by atoms with E-state index in [1.165, 1.54) is 49.9 Å². The zero-order valence-electron chi connectivity index (χ0n) is 17.0. The minimum Gasteiger partial charge on any atom is -0.354 e. The van der Waals surface area contributed by atoms with Crippen molar-refractivity contribution in [1.82, 2.24) is 9.62 Å². The quantitative estimate of drug-likeness (QED) is 0.692. The van der Waals surface area contributed by atoms with Gasteiger partial charge >= 0.3 is 0 Å². The SMILES string of the molecule is O=C1CN(S(=O)(=O)c2ccc(C(=O)Nc3ccccc3SC3CCCC3)cc2)CCN1. The molecule has 1 heterocycles. The molecule has 7 nitrogen and oxygen atoms in total. The number of hydrogen-bond donors (Lipinski definition) is 2. The third-order valence-electron chi connectivity index (χ3n) is 5.49. The predicted molar refractivity (Wildman–Crippen MR) is 121 cm³/mol. The van der Waals surface area contributed by atoms with Gasteiger partial charge in [0.25, 0.3) is 5.91 Å². The molecule has 0 unspecified atom stereocenters. The second-order valence-corrected chi connectivity index (χ2v) is 11.0. The first-order valence-corrected chi connectivity index (χ1v) is 12.7. The third-order valence-corrected chi connectivity index (χ3v) is 8.76. The van der Waals surface area contributed by atoms with E-state index >= 15 is 0 Å². The molecule has 0 bridgehead atoms. The molecular weight excluding hydrogens is 434 g/mol. The molecule has 0 spiro atoms. The maximum Gasteiger partial charge on any atom is 0.255 e. The molecule has 31 heavy (non-hydrogen) atoms. The van der Waals surface area contributed by atoms with Crippen molar-refractivity contribution in [2.75, 3.05) is 25.0 Å². The van der Waals surface area contributed by atoms with Gasteiger partial charge in [0.15, 0.2) is 0 Å². The van der Waals surface area contributed by atoms with Crippen LogP contribution in [0.15, 0.2) is 58.3 Å². The van der Waals surface area contributed by atoms with E-state index in [-0.39, 0.29) is 36.3 Å². The van der Waals surface area contributed by atoms with Crippen LogP contribution in [0.3, 0.4) is 0 Å². The van der Waals surface area contributed by atoms with Crippen molar-refractivity contribution in [2.24, 2.45) is 0 Å². The lowest BCUT2D eigenvalue weighted by atomic mass is 10.2. The molecule has 9 heteroatoms. The van der Waals surface area contributed by atoms with Crippen LogP contribution in [0.1, 0.15) is 36.0 Å². The molecule has 1 aliphatic carbocycles. The maximum atomic E-state index is 12.8. The number of para-hydroxylation sites is 1. The zero-order valence-corrected chi connectivity index (χ0v) is 18.7. The van der Waals surface area contributed by atoms with E-state index in [0.29, 0.717) is 10.8 Å². The number of amides is 2. The second kappa shape index (κ2) is 9.42. The van der Waals surface area contributed by atoms with E-state index in [0.717, 1.165) is 14.9 Å². The minimum absolute atomic E-state index is 0.0657. The highest BCUT2D eigenvalue weighted by Crippen LogP contribution is 2.38. The van der Waals surface area contributed by atoms with Gasteiger partial charge in [-0.1, -0.05) is 25.0 Å². The topological polar surface area (TPSA) is 95.6 Å². The number of piperazine rings is 1. The standard InChI is InChI=1S/C22H25N3O4S2/c26-21-15-25(14-13-23-21)31(28,29)18-11-9-16(10-12-18)22(27)24-19-7-3-4-8-20(19)30-17-5-1-2-6-17/h3-4,7-12,17H,1-2,5-6,13-15H2,(H,23,26)(H,24,27). The smallest absolute Gasteiger partial charge is 0.255 e. The van der Waals surface area contributed by atoms with Crippen LogP contribution >= 0.6 is 11.8 Å². The Balaban J connectivity index is 1.46. The number of nitrogens with zero attached hydrogens (tertiary/aromatic N) is 1. The number of sulfonamides is 1. The van der Waals surface area contributed by atoms with Gasteiger partial charge in [0.2, 0.25) is 15.9 Å². The van der Waals surface area contributed by atoms with Crippen molar-refractivity contribution < 1.29 is 18.0 Å². The number of nitrogens with one attached hydrogen (secondary N) is 2. The van der Waals surface area contributed by atoms with Gasteiger partial charge in [0.05, 0.1) is 17.1 Å².